The van der Waals surface area contributed by atoms with Crippen LogP contribution in [0.15, 0.2) is 59.8 Å². The van der Waals surface area contributed by atoms with Crippen LogP contribution in [0.4, 0.5) is 14.5 Å². The molecule has 0 saturated carbocycles. The van der Waals surface area contributed by atoms with E-state index in [-0.39, 0.29) is 12.3 Å². The van der Waals surface area contributed by atoms with E-state index in [9.17, 15) is 18.4 Å². The molecule has 170 valence electrons. The summed E-state index contributed by atoms with van der Waals surface area (Å²) in [7, 11) is 3.18. The summed E-state index contributed by atoms with van der Waals surface area (Å²) in [6.07, 6.45) is 2.66. The van der Waals surface area contributed by atoms with Gasteiger partial charge in [-0.25, -0.2) is 4.98 Å². The third-order valence-electron chi connectivity index (χ3n) is 4.91. The van der Waals surface area contributed by atoms with Crippen molar-refractivity contribution in [3.63, 3.8) is 0 Å². The smallest absolute Gasteiger partial charge is 0.387 e. The lowest BCUT2D eigenvalue weighted by Crippen LogP contribution is -2.27. The Bertz CT molecular complexity index is 1370. The number of methoxy groups -OCH3 is 1. The molecule has 0 spiro atoms. The molecule has 2 heterocycles. The van der Waals surface area contributed by atoms with Crippen molar-refractivity contribution in [3.05, 3.63) is 65.3 Å². The number of alkyl halides is 2. The average Bonchev–Trinajstić information content (AvgIpc) is 3.18. The number of nitrogens with one attached hydrogen (secondary N) is 1. The molecule has 1 N–H and O–H groups in total. The van der Waals surface area contributed by atoms with Crippen molar-refractivity contribution in [1.29, 1.82) is 0 Å². The Morgan fingerprint density at radius 2 is 1.94 bits per heavy atom. The number of nitrogens with zero attached hydrogens (tertiary/aromatic N) is 4. The summed E-state index contributed by atoms with van der Waals surface area (Å²) in [4.78, 5) is 29.3. The van der Waals surface area contributed by atoms with Crippen LogP contribution in [0.1, 0.15) is 0 Å². The largest absolute Gasteiger partial charge is 0.497 e. The molecule has 9 nitrogen and oxygen atoms in total. The number of hydrogen-bond donors (Lipinski definition) is 1. The zero-order valence-electron chi connectivity index (χ0n) is 17.7. The quantitative estimate of drug-likeness (QED) is 0.460. The number of benzene rings is 2. The van der Waals surface area contributed by atoms with Crippen molar-refractivity contribution in [1.82, 2.24) is 19.3 Å². The van der Waals surface area contributed by atoms with Crippen LogP contribution < -0.4 is 20.3 Å². The van der Waals surface area contributed by atoms with E-state index >= 15 is 0 Å². The van der Waals surface area contributed by atoms with Crippen LogP contribution in [0, 0.1) is 0 Å². The summed E-state index contributed by atoms with van der Waals surface area (Å²) in [5.74, 6) is 0.0603. The van der Waals surface area contributed by atoms with Gasteiger partial charge in [-0.3, -0.25) is 18.8 Å². The number of carbonyl (C=O) groups excluding carboxylic acids is 1. The summed E-state index contributed by atoms with van der Waals surface area (Å²) >= 11 is 0. The van der Waals surface area contributed by atoms with Crippen molar-refractivity contribution in [2.24, 2.45) is 7.05 Å². The molecule has 4 aromatic rings. The van der Waals surface area contributed by atoms with Gasteiger partial charge in [-0.2, -0.15) is 13.9 Å². The molecule has 0 unspecified atom stereocenters. The molecular weight excluding hydrogens is 436 g/mol. The SMILES string of the molecule is COc1ccc(-c2cc(NC(=O)Cn3cnc4c(cnn4C)c3=O)ccc2OC(F)F)cc1. The zero-order chi connectivity index (χ0) is 23.5. The van der Waals surface area contributed by atoms with Crippen LogP contribution in [-0.2, 0) is 18.4 Å². The van der Waals surface area contributed by atoms with Gasteiger partial charge < -0.3 is 14.8 Å². The second-order valence-corrected chi connectivity index (χ2v) is 7.05. The van der Waals surface area contributed by atoms with Gasteiger partial charge in [-0.05, 0) is 35.9 Å². The number of carbonyl (C=O) groups is 1. The van der Waals surface area contributed by atoms with Crippen LogP contribution in [-0.4, -0.2) is 39.0 Å². The number of halogens is 2. The molecule has 1 amide bonds. The molecule has 2 aromatic carbocycles. The number of amides is 1. The van der Waals surface area contributed by atoms with E-state index in [2.05, 4.69) is 20.1 Å². The topological polar surface area (TPSA) is 100 Å². The predicted molar refractivity (Wildman–Crippen MR) is 116 cm³/mol. The summed E-state index contributed by atoms with van der Waals surface area (Å²) in [5.41, 5.74) is 1.30. The standard InChI is InChI=1S/C22H19F2N5O4/c1-28-20-17(10-26-28)21(31)29(12-25-20)11-19(30)27-14-5-8-18(33-22(23)24)16(9-14)13-3-6-15(32-2)7-4-13/h3-10,12,22H,11H2,1-2H3,(H,27,30). The van der Waals surface area contributed by atoms with Crippen LogP contribution in [0.2, 0.25) is 0 Å². The van der Waals surface area contributed by atoms with E-state index in [1.807, 2.05) is 0 Å². The maximum absolute atomic E-state index is 12.9. The second-order valence-electron chi connectivity index (χ2n) is 7.05. The van der Waals surface area contributed by atoms with Gasteiger partial charge in [0.25, 0.3) is 5.56 Å². The van der Waals surface area contributed by atoms with E-state index in [1.54, 1.807) is 31.3 Å². The normalized spacial score (nSPS) is 11.1. The molecule has 0 radical (unpaired) electrons. The lowest BCUT2D eigenvalue weighted by molar-refractivity contribution is -0.116. The van der Waals surface area contributed by atoms with Crippen molar-refractivity contribution < 1.29 is 23.0 Å². The first-order chi connectivity index (χ1) is 15.9. The summed E-state index contributed by atoms with van der Waals surface area (Å²) in [6.45, 7) is -3.30. The minimum absolute atomic E-state index is 0.0457. The minimum atomic E-state index is -3.01. The fraction of sp³-hybridized carbons (Fsp3) is 0.182. The number of rotatable bonds is 7. The summed E-state index contributed by atoms with van der Waals surface area (Å²) < 4.78 is 38.1. The van der Waals surface area contributed by atoms with Crippen molar-refractivity contribution in [2.75, 3.05) is 12.4 Å². The van der Waals surface area contributed by atoms with Crippen molar-refractivity contribution >= 4 is 22.6 Å². The number of aromatic nitrogens is 4. The molecular formula is C22H19F2N5O4. The fourth-order valence-electron chi connectivity index (χ4n) is 3.34. The molecule has 4 rings (SSSR count). The van der Waals surface area contributed by atoms with Gasteiger partial charge in [0.15, 0.2) is 5.65 Å². The molecule has 11 heteroatoms. The van der Waals surface area contributed by atoms with Gasteiger partial charge in [0, 0.05) is 18.3 Å². The Labute approximate surface area is 186 Å². The van der Waals surface area contributed by atoms with Gasteiger partial charge in [0.05, 0.1) is 13.3 Å². The van der Waals surface area contributed by atoms with Gasteiger partial charge in [-0.15, -0.1) is 0 Å². The first kappa shape index (κ1) is 21.9. The highest BCUT2D eigenvalue weighted by atomic mass is 19.3. The van der Waals surface area contributed by atoms with Crippen LogP contribution in [0.3, 0.4) is 0 Å². The van der Waals surface area contributed by atoms with Crippen molar-refractivity contribution in [3.8, 4) is 22.6 Å². The maximum Gasteiger partial charge on any atom is 0.387 e. The number of fused-ring (bicyclic) bond motifs is 1. The molecule has 33 heavy (non-hydrogen) atoms. The van der Waals surface area contributed by atoms with Crippen molar-refractivity contribution in [2.45, 2.75) is 13.2 Å². The molecule has 0 aliphatic carbocycles. The van der Waals surface area contributed by atoms with Gasteiger partial charge >= 0.3 is 6.61 Å². The number of anilines is 1. The maximum atomic E-state index is 12.9. The summed E-state index contributed by atoms with van der Waals surface area (Å²) in [5, 5.41) is 6.95. The van der Waals surface area contributed by atoms with Crippen LogP contribution in [0.25, 0.3) is 22.2 Å². The number of hydrogen-bond acceptors (Lipinski definition) is 6. The predicted octanol–water partition coefficient (Wildman–Crippen LogP) is 3.05. The van der Waals surface area contributed by atoms with E-state index in [0.717, 1.165) is 4.57 Å². The fourth-order valence-corrected chi connectivity index (χ4v) is 3.34. The molecule has 2 aromatic heterocycles. The third kappa shape index (κ3) is 4.66. The first-order valence-corrected chi connectivity index (χ1v) is 9.76. The average molecular weight is 455 g/mol. The molecule has 0 saturated heterocycles. The number of aryl methyl sites for hydroxylation is 1. The molecule has 0 aliphatic rings. The van der Waals surface area contributed by atoms with Gasteiger partial charge in [-0.1, -0.05) is 12.1 Å². The lowest BCUT2D eigenvalue weighted by atomic mass is 10.0. The highest BCUT2D eigenvalue weighted by molar-refractivity contribution is 5.92. The minimum Gasteiger partial charge on any atom is -0.497 e. The van der Waals surface area contributed by atoms with Crippen LogP contribution >= 0.6 is 0 Å². The van der Waals surface area contributed by atoms with E-state index in [4.69, 9.17) is 4.74 Å². The zero-order valence-corrected chi connectivity index (χ0v) is 17.7. The Kier molecular flexibility index (Phi) is 6.03. The number of ether oxygens (including phenoxy) is 2. The Hall–Kier alpha value is -4.28. The van der Waals surface area contributed by atoms with Crippen LogP contribution in [0.5, 0.6) is 11.5 Å². The van der Waals surface area contributed by atoms with Gasteiger partial charge in [0.1, 0.15) is 29.8 Å². The molecule has 0 atom stereocenters. The second kappa shape index (κ2) is 9.07. The Balaban J connectivity index is 1.59. The highest BCUT2D eigenvalue weighted by Crippen LogP contribution is 2.34. The molecule has 0 fully saturated rings. The van der Waals surface area contributed by atoms with E-state index in [0.29, 0.717) is 33.6 Å². The Morgan fingerprint density at radius 3 is 2.64 bits per heavy atom. The van der Waals surface area contributed by atoms with Gasteiger partial charge in [0.2, 0.25) is 5.91 Å². The lowest BCUT2D eigenvalue weighted by Gasteiger charge is -2.14. The monoisotopic (exact) mass is 455 g/mol. The molecule has 0 aliphatic heterocycles. The highest BCUT2D eigenvalue weighted by Gasteiger charge is 2.15. The summed E-state index contributed by atoms with van der Waals surface area (Å²) in [6, 6.07) is 11.0. The first-order valence-electron chi connectivity index (χ1n) is 9.76. The van der Waals surface area contributed by atoms with E-state index < -0.39 is 18.1 Å². The third-order valence-corrected chi connectivity index (χ3v) is 4.91. The van der Waals surface area contributed by atoms with E-state index in [1.165, 1.54) is 42.5 Å². The Morgan fingerprint density at radius 1 is 1.18 bits per heavy atom. The molecule has 0 bridgehead atoms.